The van der Waals surface area contributed by atoms with Gasteiger partial charge >= 0.3 is 6.03 Å². The molecular formula is C19H24N2O4. The molecule has 0 aliphatic carbocycles. The molecule has 2 aromatic carbocycles. The van der Waals surface area contributed by atoms with Crippen molar-refractivity contribution >= 4 is 17.4 Å². The minimum absolute atomic E-state index is 0.303. The Kier molecular flexibility index (Phi) is 6.11. The Morgan fingerprint density at radius 1 is 0.920 bits per heavy atom. The smallest absolute Gasteiger partial charge is 0.323 e. The van der Waals surface area contributed by atoms with E-state index in [0.29, 0.717) is 28.9 Å². The minimum Gasteiger partial charge on any atom is -0.493 e. The second-order valence-electron chi connectivity index (χ2n) is 5.74. The molecule has 0 spiro atoms. The van der Waals surface area contributed by atoms with E-state index >= 15 is 0 Å². The molecule has 0 heterocycles. The number of anilines is 2. The van der Waals surface area contributed by atoms with E-state index in [1.807, 2.05) is 24.3 Å². The molecule has 2 aromatic rings. The highest BCUT2D eigenvalue weighted by molar-refractivity contribution is 6.00. The Morgan fingerprint density at radius 3 is 2.04 bits per heavy atom. The number of methoxy groups -OCH3 is 3. The number of nitrogens with one attached hydrogen (secondary N) is 2. The first-order valence-corrected chi connectivity index (χ1v) is 7.97. The van der Waals surface area contributed by atoms with Crippen molar-refractivity contribution in [2.75, 3.05) is 32.0 Å². The summed E-state index contributed by atoms with van der Waals surface area (Å²) in [4.78, 5) is 12.4. The second kappa shape index (κ2) is 8.28. The van der Waals surface area contributed by atoms with E-state index in [1.54, 1.807) is 12.1 Å². The normalized spacial score (nSPS) is 10.3. The van der Waals surface area contributed by atoms with Gasteiger partial charge in [-0.1, -0.05) is 32.0 Å². The molecule has 0 atom stereocenters. The zero-order valence-electron chi connectivity index (χ0n) is 15.2. The Morgan fingerprint density at radius 2 is 1.52 bits per heavy atom. The first kappa shape index (κ1) is 18.4. The Hall–Kier alpha value is -2.89. The summed E-state index contributed by atoms with van der Waals surface area (Å²) >= 11 is 0. The van der Waals surface area contributed by atoms with Crippen LogP contribution in [0.5, 0.6) is 17.2 Å². The second-order valence-corrected chi connectivity index (χ2v) is 5.74. The van der Waals surface area contributed by atoms with Crippen LogP contribution in [0.3, 0.4) is 0 Å². The highest BCUT2D eigenvalue weighted by Gasteiger charge is 2.15. The third-order valence-electron chi connectivity index (χ3n) is 3.75. The van der Waals surface area contributed by atoms with Crippen LogP contribution in [0.1, 0.15) is 25.3 Å². The van der Waals surface area contributed by atoms with Crippen LogP contribution in [0.15, 0.2) is 36.4 Å². The van der Waals surface area contributed by atoms with Crippen molar-refractivity contribution in [1.29, 1.82) is 0 Å². The molecular weight excluding hydrogens is 320 g/mol. The van der Waals surface area contributed by atoms with Crippen molar-refractivity contribution in [3.63, 3.8) is 0 Å². The molecule has 0 saturated carbocycles. The Labute approximate surface area is 148 Å². The predicted octanol–water partition coefficient (Wildman–Crippen LogP) is 4.48. The first-order valence-electron chi connectivity index (χ1n) is 7.97. The summed E-state index contributed by atoms with van der Waals surface area (Å²) in [6, 6.07) is 10.7. The zero-order valence-corrected chi connectivity index (χ0v) is 15.2. The van der Waals surface area contributed by atoms with Gasteiger partial charge in [0.05, 0.1) is 27.0 Å². The van der Waals surface area contributed by atoms with E-state index in [2.05, 4.69) is 24.5 Å². The molecule has 0 aliphatic rings. The van der Waals surface area contributed by atoms with Crippen LogP contribution in [0.4, 0.5) is 16.2 Å². The van der Waals surface area contributed by atoms with Crippen LogP contribution < -0.4 is 24.8 Å². The van der Waals surface area contributed by atoms with Crippen LogP contribution in [-0.4, -0.2) is 27.4 Å². The van der Waals surface area contributed by atoms with E-state index in [4.69, 9.17) is 14.2 Å². The zero-order chi connectivity index (χ0) is 18.4. The molecule has 0 bridgehead atoms. The molecule has 0 unspecified atom stereocenters. The van der Waals surface area contributed by atoms with Gasteiger partial charge < -0.3 is 24.8 Å². The number of rotatable bonds is 6. The molecule has 0 aromatic heterocycles. The number of amides is 2. The predicted molar refractivity (Wildman–Crippen MR) is 99.3 cm³/mol. The molecule has 6 heteroatoms. The van der Waals surface area contributed by atoms with Gasteiger partial charge in [-0.3, -0.25) is 0 Å². The van der Waals surface area contributed by atoms with Crippen molar-refractivity contribution in [3.8, 4) is 17.2 Å². The fourth-order valence-corrected chi connectivity index (χ4v) is 2.55. The van der Waals surface area contributed by atoms with E-state index < -0.39 is 0 Å². The molecule has 0 aliphatic heterocycles. The van der Waals surface area contributed by atoms with Crippen molar-refractivity contribution in [3.05, 3.63) is 42.0 Å². The molecule has 2 rings (SSSR count). The van der Waals surface area contributed by atoms with Crippen molar-refractivity contribution in [2.45, 2.75) is 19.8 Å². The van der Waals surface area contributed by atoms with E-state index in [-0.39, 0.29) is 6.03 Å². The average Bonchev–Trinajstić information content (AvgIpc) is 2.60. The fraction of sp³-hybridized carbons (Fsp3) is 0.316. The van der Waals surface area contributed by atoms with Crippen LogP contribution in [-0.2, 0) is 0 Å². The average molecular weight is 344 g/mol. The monoisotopic (exact) mass is 344 g/mol. The highest BCUT2D eigenvalue weighted by Crippen LogP contribution is 2.40. The van der Waals surface area contributed by atoms with Gasteiger partial charge in [0.1, 0.15) is 0 Å². The third-order valence-corrected chi connectivity index (χ3v) is 3.75. The van der Waals surface area contributed by atoms with Gasteiger partial charge in [-0.2, -0.15) is 0 Å². The number of hydrogen-bond donors (Lipinski definition) is 2. The van der Waals surface area contributed by atoms with E-state index in [1.165, 1.54) is 21.3 Å². The fourth-order valence-electron chi connectivity index (χ4n) is 2.55. The van der Waals surface area contributed by atoms with Crippen molar-refractivity contribution in [1.82, 2.24) is 0 Å². The molecule has 0 saturated heterocycles. The van der Waals surface area contributed by atoms with Crippen LogP contribution in [0, 0.1) is 0 Å². The lowest BCUT2D eigenvalue weighted by Crippen LogP contribution is -2.20. The maximum absolute atomic E-state index is 12.4. The van der Waals surface area contributed by atoms with Crippen molar-refractivity contribution in [2.24, 2.45) is 0 Å². The Bertz CT molecular complexity index is 719. The molecule has 2 amide bonds. The summed E-state index contributed by atoms with van der Waals surface area (Å²) in [6.07, 6.45) is 0. The van der Waals surface area contributed by atoms with E-state index in [0.717, 1.165) is 11.3 Å². The molecule has 0 radical (unpaired) electrons. The van der Waals surface area contributed by atoms with Gasteiger partial charge in [0.25, 0.3) is 0 Å². The van der Waals surface area contributed by atoms with Crippen LogP contribution >= 0.6 is 0 Å². The van der Waals surface area contributed by atoms with Gasteiger partial charge in [0, 0.05) is 17.8 Å². The lowest BCUT2D eigenvalue weighted by Gasteiger charge is -2.16. The van der Waals surface area contributed by atoms with Gasteiger partial charge in [0.2, 0.25) is 5.75 Å². The summed E-state index contributed by atoms with van der Waals surface area (Å²) < 4.78 is 15.9. The third kappa shape index (κ3) is 4.35. The summed E-state index contributed by atoms with van der Waals surface area (Å²) in [6.45, 7) is 4.16. The minimum atomic E-state index is -0.345. The van der Waals surface area contributed by atoms with Crippen LogP contribution in [0.2, 0.25) is 0 Å². The first-order chi connectivity index (χ1) is 12.0. The Balaban J connectivity index is 2.21. The largest absolute Gasteiger partial charge is 0.493 e. The summed E-state index contributed by atoms with van der Waals surface area (Å²) in [5.74, 6) is 1.72. The maximum atomic E-state index is 12.4. The summed E-state index contributed by atoms with van der Waals surface area (Å²) in [5.41, 5.74) is 2.39. The number of para-hydroxylation sites is 1. The summed E-state index contributed by atoms with van der Waals surface area (Å²) in [7, 11) is 4.59. The SMILES string of the molecule is COc1cc(NC(=O)Nc2ccccc2C(C)C)cc(OC)c1OC. The molecule has 25 heavy (non-hydrogen) atoms. The van der Waals surface area contributed by atoms with Gasteiger partial charge in [0.15, 0.2) is 11.5 Å². The number of ether oxygens (including phenoxy) is 3. The van der Waals surface area contributed by atoms with E-state index in [9.17, 15) is 4.79 Å². The van der Waals surface area contributed by atoms with Crippen molar-refractivity contribution < 1.29 is 19.0 Å². The lowest BCUT2D eigenvalue weighted by atomic mass is 10.0. The summed E-state index contributed by atoms with van der Waals surface area (Å²) in [5, 5.41) is 5.67. The highest BCUT2D eigenvalue weighted by atomic mass is 16.5. The number of benzene rings is 2. The number of carbonyl (C=O) groups is 1. The number of carbonyl (C=O) groups excluding carboxylic acids is 1. The van der Waals surface area contributed by atoms with Gasteiger partial charge in [-0.15, -0.1) is 0 Å². The lowest BCUT2D eigenvalue weighted by molar-refractivity contribution is 0.262. The quantitative estimate of drug-likeness (QED) is 0.811. The van der Waals surface area contributed by atoms with Crippen LogP contribution in [0.25, 0.3) is 0 Å². The standard InChI is InChI=1S/C19H24N2O4/c1-12(2)14-8-6-7-9-15(14)21-19(22)20-13-10-16(23-3)18(25-5)17(11-13)24-4/h6-12H,1-5H3,(H2,20,21,22). The molecule has 6 nitrogen and oxygen atoms in total. The molecule has 0 fully saturated rings. The maximum Gasteiger partial charge on any atom is 0.323 e. The van der Waals surface area contributed by atoms with Gasteiger partial charge in [-0.05, 0) is 17.5 Å². The number of urea groups is 1. The molecule has 2 N–H and O–H groups in total. The number of hydrogen-bond acceptors (Lipinski definition) is 4. The topological polar surface area (TPSA) is 68.8 Å². The molecule has 134 valence electrons. The van der Waals surface area contributed by atoms with Gasteiger partial charge in [-0.25, -0.2) is 4.79 Å².